The molecule has 0 saturated heterocycles. The van der Waals surface area contributed by atoms with E-state index in [2.05, 4.69) is 12.0 Å². The maximum absolute atomic E-state index is 12.3. The van der Waals surface area contributed by atoms with Gasteiger partial charge in [0.15, 0.2) is 6.61 Å². The summed E-state index contributed by atoms with van der Waals surface area (Å²) >= 11 is 1.42. The smallest absolute Gasteiger partial charge is 0.348 e. The number of rotatable bonds is 6. The Labute approximate surface area is 157 Å². The second-order valence-corrected chi connectivity index (χ2v) is 7.45. The fraction of sp³-hybridized carbons (Fsp3) is 0.350. The molecule has 1 amide bonds. The van der Waals surface area contributed by atoms with Crippen LogP contribution in [-0.4, -0.2) is 35.7 Å². The quantitative estimate of drug-likeness (QED) is 0.727. The molecule has 2 aromatic rings. The lowest BCUT2D eigenvalue weighted by atomic mass is 10.1. The van der Waals surface area contributed by atoms with Crippen LogP contribution in [0.25, 0.3) is 0 Å². The van der Waals surface area contributed by atoms with E-state index in [0.717, 1.165) is 29.0 Å². The number of hydrazone groups is 1. The molecule has 0 atom stereocenters. The SMILES string of the molecule is CCCc1cc(C(=O)OCC(=O)N2CCC(c3ccccc3)=N2)sc1C. The molecule has 3 rings (SSSR count). The first-order chi connectivity index (χ1) is 12.6. The summed E-state index contributed by atoms with van der Waals surface area (Å²) in [6.07, 6.45) is 2.68. The molecule has 1 aliphatic rings. The summed E-state index contributed by atoms with van der Waals surface area (Å²) in [5.41, 5.74) is 3.06. The summed E-state index contributed by atoms with van der Waals surface area (Å²) in [5, 5.41) is 5.75. The molecule has 1 aromatic heterocycles. The van der Waals surface area contributed by atoms with E-state index in [1.165, 1.54) is 21.9 Å². The molecule has 5 nitrogen and oxygen atoms in total. The topological polar surface area (TPSA) is 59.0 Å². The third kappa shape index (κ3) is 4.19. The minimum absolute atomic E-state index is 0.287. The summed E-state index contributed by atoms with van der Waals surface area (Å²) in [4.78, 5) is 26.2. The lowest BCUT2D eigenvalue weighted by Crippen LogP contribution is -2.28. The van der Waals surface area contributed by atoms with Crippen molar-refractivity contribution in [1.82, 2.24) is 5.01 Å². The van der Waals surface area contributed by atoms with E-state index in [4.69, 9.17) is 4.74 Å². The van der Waals surface area contributed by atoms with Gasteiger partial charge in [0.25, 0.3) is 5.91 Å². The van der Waals surface area contributed by atoms with Crippen molar-refractivity contribution >= 4 is 28.9 Å². The molecule has 1 aliphatic heterocycles. The molecule has 0 bridgehead atoms. The van der Waals surface area contributed by atoms with Crippen LogP contribution in [0.15, 0.2) is 41.5 Å². The van der Waals surface area contributed by atoms with Gasteiger partial charge in [-0.25, -0.2) is 9.80 Å². The second-order valence-electron chi connectivity index (χ2n) is 6.20. The fourth-order valence-electron chi connectivity index (χ4n) is 2.88. The minimum atomic E-state index is -0.444. The molecule has 136 valence electrons. The van der Waals surface area contributed by atoms with Gasteiger partial charge in [0.1, 0.15) is 4.88 Å². The largest absolute Gasteiger partial charge is 0.451 e. The van der Waals surface area contributed by atoms with Crippen molar-refractivity contribution in [2.45, 2.75) is 33.1 Å². The molecule has 1 aromatic carbocycles. The normalized spacial score (nSPS) is 13.6. The molecular weight excluding hydrogens is 348 g/mol. The van der Waals surface area contributed by atoms with Gasteiger partial charge in [-0.15, -0.1) is 11.3 Å². The molecule has 0 radical (unpaired) electrons. The van der Waals surface area contributed by atoms with Gasteiger partial charge < -0.3 is 4.74 Å². The maximum Gasteiger partial charge on any atom is 0.348 e. The highest BCUT2D eigenvalue weighted by Crippen LogP contribution is 2.23. The molecular formula is C20H22N2O3S. The number of esters is 1. The zero-order valence-corrected chi connectivity index (χ0v) is 15.8. The van der Waals surface area contributed by atoms with Gasteiger partial charge in [-0.2, -0.15) is 5.10 Å². The first-order valence-electron chi connectivity index (χ1n) is 8.78. The number of benzene rings is 1. The Bertz CT molecular complexity index is 827. The molecule has 6 heteroatoms. The van der Waals surface area contributed by atoms with E-state index in [9.17, 15) is 9.59 Å². The number of carbonyl (C=O) groups is 2. The molecule has 2 heterocycles. The average Bonchev–Trinajstić information content (AvgIpc) is 3.28. The number of hydrogen-bond donors (Lipinski definition) is 0. The summed E-state index contributed by atoms with van der Waals surface area (Å²) in [7, 11) is 0. The molecule has 0 saturated carbocycles. The van der Waals surface area contributed by atoms with E-state index < -0.39 is 5.97 Å². The average molecular weight is 370 g/mol. The second kappa shape index (κ2) is 8.27. The van der Waals surface area contributed by atoms with Crippen molar-refractivity contribution in [3.63, 3.8) is 0 Å². The highest BCUT2D eigenvalue weighted by atomic mass is 32.1. The third-order valence-electron chi connectivity index (χ3n) is 4.26. The summed E-state index contributed by atoms with van der Waals surface area (Å²) in [5.74, 6) is -0.744. The van der Waals surface area contributed by atoms with Gasteiger partial charge in [0.2, 0.25) is 0 Å². The van der Waals surface area contributed by atoms with Gasteiger partial charge in [-0.3, -0.25) is 4.79 Å². The van der Waals surface area contributed by atoms with Crippen LogP contribution in [0.3, 0.4) is 0 Å². The first kappa shape index (κ1) is 18.3. The Balaban J connectivity index is 1.56. The Morgan fingerprint density at radius 3 is 2.77 bits per heavy atom. The van der Waals surface area contributed by atoms with Crippen molar-refractivity contribution in [1.29, 1.82) is 0 Å². The number of carbonyl (C=O) groups excluding carboxylic acids is 2. The van der Waals surface area contributed by atoms with Gasteiger partial charge in [0, 0.05) is 11.3 Å². The number of hydrogen-bond acceptors (Lipinski definition) is 5. The Morgan fingerprint density at radius 1 is 1.27 bits per heavy atom. The number of thiophene rings is 1. The monoisotopic (exact) mass is 370 g/mol. The first-order valence-corrected chi connectivity index (χ1v) is 9.60. The Morgan fingerprint density at radius 2 is 2.04 bits per heavy atom. The van der Waals surface area contributed by atoms with Crippen LogP contribution < -0.4 is 0 Å². The zero-order chi connectivity index (χ0) is 18.5. The fourth-order valence-corrected chi connectivity index (χ4v) is 3.85. The van der Waals surface area contributed by atoms with E-state index in [0.29, 0.717) is 17.8 Å². The van der Waals surface area contributed by atoms with E-state index in [1.54, 1.807) is 0 Å². The summed E-state index contributed by atoms with van der Waals surface area (Å²) in [6.45, 7) is 4.33. The summed E-state index contributed by atoms with van der Waals surface area (Å²) < 4.78 is 5.20. The maximum atomic E-state index is 12.3. The molecule has 0 aliphatic carbocycles. The molecule has 0 spiro atoms. The van der Waals surface area contributed by atoms with Crippen LogP contribution in [0.2, 0.25) is 0 Å². The van der Waals surface area contributed by atoms with Crippen LogP contribution in [0.4, 0.5) is 0 Å². The van der Waals surface area contributed by atoms with E-state index in [1.807, 2.05) is 43.3 Å². The predicted octanol–water partition coefficient (Wildman–Crippen LogP) is 3.80. The van der Waals surface area contributed by atoms with Gasteiger partial charge in [-0.1, -0.05) is 43.7 Å². The number of amides is 1. The highest BCUT2D eigenvalue weighted by Gasteiger charge is 2.23. The van der Waals surface area contributed by atoms with Crippen LogP contribution in [0.1, 0.15) is 45.4 Å². The Kier molecular flexibility index (Phi) is 5.83. The van der Waals surface area contributed by atoms with Crippen LogP contribution in [0.5, 0.6) is 0 Å². The van der Waals surface area contributed by atoms with Crippen LogP contribution in [0, 0.1) is 6.92 Å². The molecule has 0 unspecified atom stereocenters. The van der Waals surface area contributed by atoms with Crippen molar-refractivity contribution in [2.75, 3.05) is 13.2 Å². The van der Waals surface area contributed by atoms with E-state index >= 15 is 0 Å². The molecule has 0 N–H and O–H groups in total. The lowest BCUT2D eigenvalue weighted by Gasteiger charge is -2.11. The lowest BCUT2D eigenvalue weighted by molar-refractivity contribution is -0.134. The minimum Gasteiger partial charge on any atom is -0.451 e. The van der Waals surface area contributed by atoms with Gasteiger partial charge >= 0.3 is 5.97 Å². The van der Waals surface area contributed by atoms with Crippen molar-refractivity contribution in [3.05, 3.63) is 57.3 Å². The van der Waals surface area contributed by atoms with Crippen LogP contribution >= 0.6 is 11.3 Å². The van der Waals surface area contributed by atoms with Crippen molar-refractivity contribution in [2.24, 2.45) is 5.10 Å². The number of nitrogens with zero attached hydrogens (tertiary/aromatic N) is 2. The highest BCUT2D eigenvalue weighted by molar-refractivity contribution is 7.14. The standard InChI is InChI=1S/C20H22N2O3S/c1-3-7-16-12-18(26-14(16)2)20(24)25-13-19(23)22-11-10-17(21-22)15-8-5-4-6-9-15/h4-6,8-9,12H,3,7,10-11,13H2,1-2H3. The number of aryl methyl sites for hydroxylation is 2. The molecule has 0 fully saturated rings. The zero-order valence-electron chi connectivity index (χ0n) is 15.0. The van der Waals surface area contributed by atoms with E-state index in [-0.39, 0.29) is 12.5 Å². The van der Waals surface area contributed by atoms with Crippen molar-refractivity contribution in [3.8, 4) is 0 Å². The number of ether oxygens (including phenoxy) is 1. The predicted molar refractivity (Wildman–Crippen MR) is 103 cm³/mol. The third-order valence-corrected chi connectivity index (χ3v) is 5.34. The molecule has 26 heavy (non-hydrogen) atoms. The Hall–Kier alpha value is -2.47. The van der Waals surface area contributed by atoms with Crippen molar-refractivity contribution < 1.29 is 14.3 Å². The summed E-state index contributed by atoms with van der Waals surface area (Å²) in [6, 6.07) is 11.6. The van der Waals surface area contributed by atoms with Crippen LogP contribution in [-0.2, 0) is 16.0 Å². The van der Waals surface area contributed by atoms with Gasteiger partial charge in [-0.05, 0) is 30.5 Å². The van der Waals surface area contributed by atoms with Gasteiger partial charge in [0.05, 0.1) is 12.3 Å².